The molecule has 4 nitrogen and oxygen atoms in total. The van der Waals surface area contributed by atoms with Crippen molar-refractivity contribution >= 4 is 23.4 Å². The van der Waals surface area contributed by atoms with Gasteiger partial charge >= 0.3 is 0 Å². The zero-order chi connectivity index (χ0) is 14.0. The molecular formula is C14H15ClN2O2. The number of nitrogens with one attached hydrogen (secondary N) is 1. The lowest BCUT2D eigenvalue weighted by Gasteiger charge is -2.16. The fourth-order valence-corrected chi connectivity index (χ4v) is 1.58. The van der Waals surface area contributed by atoms with E-state index in [0.717, 1.165) is 11.1 Å². The van der Waals surface area contributed by atoms with Gasteiger partial charge in [-0.1, -0.05) is 49.7 Å². The molecule has 0 aliphatic rings. The van der Waals surface area contributed by atoms with Crippen LogP contribution < -0.4 is 5.32 Å². The minimum absolute atomic E-state index is 0.125. The Labute approximate surface area is 116 Å². The second-order valence-corrected chi connectivity index (χ2v) is 5.72. The van der Waals surface area contributed by atoms with Crippen LogP contribution in [0.3, 0.4) is 0 Å². The van der Waals surface area contributed by atoms with Crippen molar-refractivity contribution < 1.29 is 9.32 Å². The van der Waals surface area contributed by atoms with Crippen molar-refractivity contribution in [3.05, 3.63) is 35.5 Å². The van der Waals surface area contributed by atoms with Gasteiger partial charge < -0.3 is 4.52 Å². The van der Waals surface area contributed by atoms with Gasteiger partial charge in [-0.25, -0.2) is 0 Å². The van der Waals surface area contributed by atoms with Crippen LogP contribution in [0.1, 0.15) is 20.8 Å². The van der Waals surface area contributed by atoms with E-state index in [0.29, 0.717) is 10.9 Å². The molecule has 0 atom stereocenters. The Hall–Kier alpha value is -1.81. The lowest BCUT2D eigenvalue weighted by atomic mass is 9.95. The van der Waals surface area contributed by atoms with E-state index in [4.69, 9.17) is 16.1 Å². The Bertz CT molecular complexity index is 582. The molecule has 19 heavy (non-hydrogen) atoms. The molecule has 1 aromatic carbocycles. The van der Waals surface area contributed by atoms with Crippen LogP contribution in [-0.4, -0.2) is 11.1 Å². The number of nitrogens with zero attached hydrogens (tertiary/aromatic N) is 1. The number of halogens is 1. The van der Waals surface area contributed by atoms with Crippen LogP contribution in [0.15, 0.2) is 35.0 Å². The average molecular weight is 279 g/mol. The van der Waals surface area contributed by atoms with Gasteiger partial charge in [-0.15, -0.1) is 0 Å². The monoisotopic (exact) mass is 278 g/mol. The number of carbonyl (C=O) groups is 1. The van der Waals surface area contributed by atoms with E-state index in [2.05, 4.69) is 10.5 Å². The van der Waals surface area contributed by atoms with Gasteiger partial charge in [-0.3, -0.25) is 10.1 Å². The number of benzene rings is 1. The van der Waals surface area contributed by atoms with Crippen molar-refractivity contribution in [3.8, 4) is 11.1 Å². The third kappa shape index (κ3) is 3.15. The summed E-state index contributed by atoms with van der Waals surface area (Å²) in [6.45, 7) is 5.50. The fraction of sp³-hybridized carbons (Fsp3) is 0.286. The summed E-state index contributed by atoms with van der Waals surface area (Å²) in [5, 5.41) is 7.13. The first-order valence-electron chi connectivity index (χ1n) is 5.90. The lowest BCUT2D eigenvalue weighted by molar-refractivity contribution is -0.123. The van der Waals surface area contributed by atoms with Crippen LogP contribution in [-0.2, 0) is 4.79 Å². The number of rotatable bonds is 2. The summed E-state index contributed by atoms with van der Waals surface area (Å²) in [6, 6.07) is 7.25. The summed E-state index contributed by atoms with van der Waals surface area (Å²) in [7, 11) is 0. The van der Waals surface area contributed by atoms with E-state index < -0.39 is 5.41 Å². The van der Waals surface area contributed by atoms with Crippen LogP contribution in [0.4, 0.5) is 5.88 Å². The predicted octanol–water partition coefficient (Wildman–Crippen LogP) is 3.98. The highest BCUT2D eigenvalue weighted by Gasteiger charge is 2.24. The maximum Gasteiger partial charge on any atom is 0.239 e. The van der Waals surface area contributed by atoms with Crippen LogP contribution >= 0.6 is 11.6 Å². The highest BCUT2D eigenvalue weighted by atomic mass is 35.5. The molecule has 0 aliphatic heterocycles. The second-order valence-electron chi connectivity index (χ2n) is 5.28. The molecule has 1 N–H and O–H groups in total. The Kier molecular flexibility index (Phi) is 3.62. The first-order valence-corrected chi connectivity index (χ1v) is 6.28. The van der Waals surface area contributed by atoms with Gasteiger partial charge in [0.25, 0.3) is 0 Å². The first-order chi connectivity index (χ1) is 8.88. The molecule has 100 valence electrons. The van der Waals surface area contributed by atoms with Gasteiger partial charge in [-0.2, -0.15) is 0 Å². The van der Waals surface area contributed by atoms with Gasteiger partial charge in [0.15, 0.2) is 0 Å². The van der Waals surface area contributed by atoms with Crippen molar-refractivity contribution in [1.82, 2.24) is 5.16 Å². The molecule has 1 aromatic heterocycles. The van der Waals surface area contributed by atoms with Crippen LogP contribution in [0.5, 0.6) is 0 Å². The molecule has 0 fully saturated rings. The SMILES string of the molecule is CC(C)(C)C(=O)Nc1oncc1-c1ccc(Cl)cc1. The van der Waals surface area contributed by atoms with E-state index in [1.807, 2.05) is 32.9 Å². The molecule has 0 saturated carbocycles. The van der Waals surface area contributed by atoms with Gasteiger partial charge in [-0.05, 0) is 17.7 Å². The summed E-state index contributed by atoms with van der Waals surface area (Å²) >= 11 is 5.85. The number of anilines is 1. The van der Waals surface area contributed by atoms with Crippen LogP contribution in [0, 0.1) is 5.41 Å². The molecule has 5 heteroatoms. The number of amides is 1. The number of carbonyl (C=O) groups excluding carboxylic acids is 1. The summed E-state index contributed by atoms with van der Waals surface area (Å²) in [5.74, 6) is 0.224. The van der Waals surface area contributed by atoms with E-state index in [1.165, 1.54) is 0 Å². The van der Waals surface area contributed by atoms with Gasteiger partial charge in [0.1, 0.15) is 0 Å². The van der Waals surface area contributed by atoms with Gasteiger partial charge in [0.05, 0.1) is 11.8 Å². The van der Waals surface area contributed by atoms with E-state index in [1.54, 1.807) is 18.3 Å². The smallest absolute Gasteiger partial charge is 0.239 e. The lowest BCUT2D eigenvalue weighted by Crippen LogP contribution is -2.27. The summed E-state index contributed by atoms with van der Waals surface area (Å²) in [4.78, 5) is 11.9. The summed E-state index contributed by atoms with van der Waals surface area (Å²) in [5.41, 5.74) is 1.12. The summed E-state index contributed by atoms with van der Waals surface area (Å²) < 4.78 is 5.10. The highest BCUT2D eigenvalue weighted by molar-refractivity contribution is 6.30. The molecule has 0 aliphatic carbocycles. The third-order valence-corrected chi connectivity index (χ3v) is 2.89. The normalized spacial score (nSPS) is 11.4. The van der Waals surface area contributed by atoms with Crippen molar-refractivity contribution in [2.24, 2.45) is 5.41 Å². The van der Waals surface area contributed by atoms with E-state index in [-0.39, 0.29) is 5.91 Å². The molecule has 0 saturated heterocycles. The number of hydrogen-bond acceptors (Lipinski definition) is 3. The summed E-state index contributed by atoms with van der Waals surface area (Å²) in [6.07, 6.45) is 1.57. The quantitative estimate of drug-likeness (QED) is 0.904. The Morgan fingerprint density at radius 2 is 1.89 bits per heavy atom. The van der Waals surface area contributed by atoms with Crippen LogP contribution in [0.2, 0.25) is 5.02 Å². The third-order valence-electron chi connectivity index (χ3n) is 2.63. The minimum atomic E-state index is -0.496. The fourth-order valence-electron chi connectivity index (χ4n) is 1.46. The molecule has 0 radical (unpaired) electrons. The zero-order valence-corrected chi connectivity index (χ0v) is 11.8. The van der Waals surface area contributed by atoms with Gasteiger partial charge in [0.2, 0.25) is 11.8 Å². The second kappa shape index (κ2) is 5.05. The Morgan fingerprint density at radius 3 is 2.47 bits per heavy atom. The first kappa shape index (κ1) is 13.6. The zero-order valence-electron chi connectivity index (χ0n) is 11.0. The van der Waals surface area contributed by atoms with Crippen LogP contribution in [0.25, 0.3) is 11.1 Å². The van der Waals surface area contributed by atoms with Crippen molar-refractivity contribution in [2.75, 3.05) is 5.32 Å². The van der Waals surface area contributed by atoms with Crippen molar-refractivity contribution in [2.45, 2.75) is 20.8 Å². The molecule has 2 rings (SSSR count). The molecule has 2 aromatic rings. The number of hydrogen-bond donors (Lipinski definition) is 1. The number of aromatic nitrogens is 1. The molecule has 0 bridgehead atoms. The van der Waals surface area contributed by atoms with Gasteiger partial charge in [0, 0.05) is 10.4 Å². The maximum atomic E-state index is 11.9. The minimum Gasteiger partial charge on any atom is -0.338 e. The standard InChI is InChI=1S/C14H15ClN2O2/c1-14(2,3)13(18)17-12-11(8-16-19-12)9-4-6-10(15)7-5-9/h4-8H,1-3H3,(H,17,18). The molecule has 0 spiro atoms. The molecule has 1 heterocycles. The van der Waals surface area contributed by atoms with Crippen molar-refractivity contribution in [3.63, 3.8) is 0 Å². The maximum absolute atomic E-state index is 11.9. The molecule has 0 unspecified atom stereocenters. The Balaban J connectivity index is 2.28. The van der Waals surface area contributed by atoms with E-state index >= 15 is 0 Å². The largest absolute Gasteiger partial charge is 0.338 e. The molecule has 1 amide bonds. The predicted molar refractivity (Wildman–Crippen MR) is 75.0 cm³/mol. The molecular weight excluding hydrogens is 264 g/mol. The van der Waals surface area contributed by atoms with Crippen molar-refractivity contribution in [1.29, 1.82) is 0 Å². The topological polar surface area (TPSA) is 55.1 Å². The highest BCUT2D eigenvalue weighted by Crippen LogP contribution is 2.29. The van der Waals surface area contributed by atoms with E-state index in [9.17, 15) is 4.79 Å². The Morgan fingerprint density at radius 1 is 1.26 bits per heavy atom. The average Bonchev–Trinajstić information content (AvgIpc) is 2.77.